The minimum Gasteiger partial charge on any atom is -0.344 e. The van der Waals surface area contributed by atoms with Crippen LogP contribution in [0.1, 0.15) is 5.56 Å². The number of non-ortho nitro benzene ring substituents is 1. The van der Waals surface area contributed by atoms with Crippen LogP contribution in [0, 0.1) is 15.9 Å². The number of nitrogens with zero attached hydrogens (tertiary/aromatic N) is 1. The summed E-state index contributed by atoms with van der Waals surface area (Å²) in [4.78, 5) is 33.3. The summed E-state index contributed by atoms with van der Waals surface area (Å²) >= 11 is 0. The molecule has 0 bridgehead atoms. The lowest BCUT2D eigenvalue weighted by atomic mass is 10.2. The highest BCUT2D eigenvalue weighted by Crippen LogP contribution is 2.15. The van der Waals surface area contributed by atoms with Crippen molar-refractivity contribution in [2.24, 2.45) is 0 Å². The predicted octanol–water partition coefficient (Wildman–Crippen LogP) is 1.99. The van der Waals surface area contributed by atoms with Gasteiger partial charge in [-0.3, -0.25) is 19.7 Å². The molecule has 8 heteroatoms. The number of nitro groups is 1. The van der Waals surface area contributed by atoms with Crippen LogP contribution in [0.15, 0.2) is 48.5 Å². The lowest BCUT2D eigenvalue weighted by molar-refractivity contribution is -0.384. The quantitative estimate of drug-likeness (QED) is 0.511. The van der Waals surface area contributed by atoms with Crippen molar-refractivity contribution in [3.05, 3.63) is 70.0 Å². The minimum atomic E-state index is -0.949. The second kappa shape index (κ2) is 7.12. The smallest absolute Gasteiger partial charge is 0.313 e. The molecule has 0 aliphatic rings. The molecule has 2 amide bonds. The minimum absolute atomic E-state index is 0.126. The zero-order valence-electron chi connectivity index (χ0n) is 11.8. The van der Waals surface area contributed by atoms with Gasteiger partial charge in [0.1, 0.15) is 5.82 Å². The number of hydrogen-bond acceptors (Lipinski definition) is 4. The zero-order chi connectivity index (χ0) is 16.8. The molecule has 23 heavy (non-hydrogen) atoms. The van der Waals surface area contributed by atoms with E-state index in [1.165, 1.54) is 42.5 Å². The van der Waals surface area contributed by atoms with Gasteiger partial charge in [0.2, 0.25) is 0 Å². The molecule has 118 valence electrons. The predicted molar refractivity (Wildman–Crippen MR) is 80.0 cm³/mol. The van der Waals surface area contributed by atoms with E-state index in [4.69, 9.17) is 0 Å². The number of halogens is 1. The van der Waals surface area contributed by atoms with Crippen LogP contribution in [-0.4, -0.2) is 16.7 Å². The molecule has 0 heterocycles. The van der Waals surface area contributed by atoms with Gasteiger partial charge in [-0.25, -0.2) is 4.39 Å². The van der Waals surface area contributed by atoms with Gasteiger partial charge in [-0.1, -0.05) is 18.2 Å². The highest BCUT2D eigenvalue weighted by atomic mass is 19.1. The van der Waals surface area contributed by atoms with Crippen LogP contribution in [0.4, 0.5) is 15.8 Å². The molecular weight excluding hydrogens is 305 g/mol. The van der Waals surface area contributed by atoms with Crippen molar-refractivity contribution in [2.75, 3.05) is 5.32 Å². The van der Waals surface area contributed by atoms with E-state index in [9.17, 15) is 24.1 Å². The second-order valence-corrected chi connectivity index (χ2v) is 4.53. The third-order valence-corrected chi connectivity index (χ3v) is 2.94. The van der Waals surface area contributed by atoms with E-state index in [0.717, 1.165) is 0 Å². The standard InChI is InChI=1S/C15H12FN3O4/c16-13-4-2-1-3-10(13)9-17-14(20)15(21)18-11-5-7-12(8-6-11)19(22)23/h1-8H,9H2,(H,17,20)(H,18,21). The maximum atomic E-state index is 13.4. The number of carbonyl (C=O) groups excluding carboxylic acids is 2. The van der Waals surface area contributed by atoms with Crippen molar-refractivity contribution in [3.8, 4) is 0 Å². The summed E-state index contributed by atoms with van der Waals surface area (Å²) in [5.74, 6) is -2.37. The molecule has 2 aromatic rings. The summed E-state index contributed by atoms with van der Waals surface area (Å²) in [7, 11) is 0. The van der Waals surface area contributed by atoms with Gasteiger partial charge in [0, 0.05) is 29.9 Å². The highest BCUT2D eigenvalue weighted by molar-refractivity contribution is 6.39. The Labute approximate surface area is 130 Å². The molecule has 0 saturated carbocycles. The van der Waals surface area contributed by atoms with Gasteiger partial charge in [0.15, 0.2) is 0 Å². The number of hydrogen-bond donors (Lipinski definition) is 2. The molecule has 0 fully saturated rings. The number of rotatable bonds is 4. The Bertz CT molecular complexity index is 747. The molecule has 0 spiro atoms. The second-order valence-electron chi connectivity index (χ2n) is 4.53. The number of nitro benzene ring substituents is 1. The Hall–Kier alpha value is -3.29. The Morgan fingerprint density at radius 3 is 2.30 bits per heavy atom. The van der Waals surface area contributed by atoms with Crippen LogP contribution in [0.25, 0.3) is 0 Å². The molecule has 0 radical (unpaired) electrons. The van der Waals surface area contributed by atoms with Crippen LogP contribution in [0.3, 0.4) is 0 Å². The zero-order valence-corrected chi connectivity index (χ0v) is 11.8. The van der Waals surface area contributed by atoms with Crippen molar-refractivity contribution in [1.82, 2.24) is 5.32 Å². The molecule has 0 aliphatic heterocycles. The summed E-state index contributed by atoms with van der Waals surface area (Å²) < 4.78 is 13.4. The van der Waals surface area contributed by atoms with Crippen LogP contribution in [-0.2, 0) is 16.1 Å². The number of carbonyl (C=O) groups is 2. The van der Waals surface area contributed by atoms with E-state index in [1.54, 1.807) is 6.07 Å². The van der Waals surface area contributed by atoms with E-state index in [0.29, 0.717) is 0 Å². The number of benzene rings is 2. The summed E-state index contributed by atoms with van der Waals surface area (Å²) in [5.41, 5.74) is 0.359. The third-order valence-electron chi connectivity index (χ3n) is 2.94. The van der Waals surface area contributed by atoms with Crippen molar-refractivity contribution >= 4 is 23.2 Å². The average molecular weight is 317 g/mol. The molecule has 2 aromatic carbocycles. The lowest BCUT2D eigenvalue weighted by Crippen LogP contribution is -2.35. The van der Waals surface area contributed by atoms with E-state index >= 15 is 0 Å². The number of amides is 2. The first-order valence-corrected chi connectivity index (χ1v) is 6.54. The molecule has 0 saturated heterocycles. The van der Waals surface area contributed by atoms with Gasteiger partial charge < -0.3 is 10.6 Å². The molecule has 0 aliphatic carbocycles. The Morgan fingerprint density at radius 2 is 1.70 bits per heavy atom. The van der Waals surface area contributed by atoms with Crippen molar-refractivity contribution in [3.63, 3.8) is 0 Å². The van der Waals surface area contributed by atoms with E-state index in [-0.39, 0.29) is 23.5 Å². The van der Waals surface area contributed by atoms with Gasteiger partial charge in [-0.15, -0.1) is 0 Å². The van der Waals surface area contributed by atoms with Crippen LogP contribution in [0.5, 0.6) is 0 Å². The van der Waals surface area contributed by atoms with Gasteiger partial charge >= 0.3 is 11.8 Å². The Balaban J connectivity index is 1.91. The van der Waals surface area contributed by atoms with Crippen LogP contribution >= 0.6 is 0 Å². The fraction of sp³-hybridized carbons (Fsp3) is 0.0667. The molecule has 2 rings (SSSR count). The first-order chi connectivity index (χ1) is 11.0. The average Bonchev–Trinajstić information content (AvgIpc) is 2.54. The third kappa shape index (κ3) is 4.34. The molecular formula is C15H12FN3O4. The topological polar surface area (TPSA) is 101 Å². The summed E-state index contributed by atoms with van der Waals surface area (Å²) in [5, 5.41) is 15.1. The summed E-state index contributed by atoms with van der Waals surface area (Å²) in [6.45, 7) is -0.126. The van der Waals surface area contributed by atoms with Crippen molar-refractivity contribution < 1.29 is 18.9 Å². The number of anilines is 1. The lowest BCUT2D eigenvalue weighted by Gasteiger charge is -2.07. The fourth-order valence-electron chi connectivity index (χ4n) is 1.75. The maximum absolute atomic E-state index is 13.4. The van der Waals surface area contributed by atoms with Gasteiger partial charge in [0.25, 0.3) is 5.69 Å². The van der Waals surface area contributed by atoms with Gasteiger partial charge in [-0.2, -0.15) is 0 Å². The van der Waals surface area contributed by atoms with Gasteiger partial charge in [-0.05, 0) is 18.2 Å². The van der Waals surface area contributed by atoms with Crippen LogP contribution < -0.4 is 10.6 Å². The van der Waals surface area contributed by atoms with E-state index < -0.39 is 22.6 Å². The fourth-order valence-corrected chi connectivity index (χ4v) is 1.75. The highest BCUT2D eigenvalue weighted by Gasteiger charge is 2.14. The normalized spacial score (nSPS) is 9.96. The van der Waals surface area contributed by atoms with E-state index in [2.05, 4.69) is 10.6 Å². The summed E-state index contributed by atoms with van der Waals surface area (Å²) in [6, 6.07) is 10.9. The molecule has 7 nitrogen and oxygen atoms in total. The van der Waals surface area contributed by atoms with Gasteiger partial charge in [0.05, 0.1) is 4.92 Å². The summed E-state index contributed by atoms with van der Waals surface area (Å²) in [6.07, 6.45) is 0. The molecule has 0 unspecified atom stereocenters. The Kier molecular flexibility index (Phi) is 4.98. The number of nitrogens with one attached hydrogen (secondary N) is 2. The SMILES string of the molecule is O=C(NCc1ccccc1F)C(=O)Nc1ccc([N+](=O)[O-])cc1. The first kappa shape index (κ1) is 16.1. The molecule has 2 N–H and O–H groups in total. The Morgan fingerprint density at radius 1 is 1.04 bits per heavy atom. The van der Waals surface area contributed by atoms with E-state index in [1.807, 2.05) is 0 Å². The molecule has 0 aromatic heterocycles. The molecule has 0 atom stereocenters. The first-order valence-electron chi connectivity index (χ1n) is 6.54. The van der Waals surface area contributed by atoms with Crippen LogP contribution in [0.2, 0.25) is 0 Å². The monoisotopic (exact) mass is 317 g/mol. The maximum Gasteiger partial charge on any atom is 0.313 e. The van der Waals surface area contributed by atoms with Crippen molar-refractivity contribution in [1.29, 1.82) is 0 Å². The largest absolute Gasteiger partial charge is 0.344 e. The van der Waals surface area contributed by atoms with Crippen molar-refractivity contribution in [2.45, 2.75) is 6.54 Å².